The van der Waals surface area contributed by atoms with Crippen LogP contribution in [-0.4, -0.2) is 51.0 Å². The Morgan fingerprint density at radius 1 is 1.00 bits per heavy atom. The van der Waals surface area contributed by atoms with Crippen molar-refractivity contribution in [2.45, 2.75) is 51.8 Å². The van der Waals surface area contributed by atoms with E-state index in [1.807, 2.05) is 81.4 Å². The first-order chi connectivity index (χ1) is 16.3. The standard InChI is InChI=1S/C26H36B2N2O3S/c1-5-14-26(29(4)25-19-12-13-20-33-25)34(31,32)30(27(2)21-23-15-8-6-9-16-23)28(3)22-24-17-10-7-11-18-24/h5-11,14-18,25H,1,12-13,19-22H2,2-4H3/b26-14+. The van der Waals surface area contributed by atoms with E-state index in [1.54, 1.807) is 21.2 Å². The monoisotopic (exact) mass is 478 g/mol. The lowest BCUT2D eigenvalue weighted by Crippen LogP contribution is -2.54. The van der Waals surface area contributed by atoms with Gasteiger partial charge in [-0.3, -0.25) is 4.13 Å². The molecule has 1 saturated heterocycles. The van der Waals surface area contributed by atoms with E-state index in [0.29, 0.717) is 19.2 Å². The van der Waals surface area contributed by atoms with Crippen LogP contribution in [0.25, 0.3) is 0 Å². The third-order valence-corrected chi connectivity index (χ3v) is 8.58. The van der Waals surface area contributed by atoms with Gasteiger partial charge in [-0.05, 0) is 38.0 Å². The predicted octanol–water partition coefficient (Wildman–Crippen LogP) is 4.91. The van der Waals surface area contributed by atoms with E-state index in [1.165, 1.54) is 0 Å². The van der Waals surface area contributed by atoms with Crippen molar-refractivity contribution in [3.05, 3.63) is 95.6 Å². The molecule has 0 spiro atoms. The molecule has 5 nitrogen and oxygen atoms in total. The lowest BCUT2D eigenvalue weighted by Gasteiger charge is -2.38. The van der Waals surface area contributed by atoms with Crippen LogP contribution in [0.3, 0.4) is 0 Å². The summed E-state index contributed by atoms with van der Waals surface area (Å²) in [7, 11) is -2.03. The second-order valence-corrected chi connectivity index (χ2v) is 10.9. The summed E-state index contributed by atoms with van der Waals surface area (Å²) in [5, 5.41) is 0.231. The van der Waals surface area contributed by atoms with E-state index in [9.17, 15) is 8.42 Å². The summed E-state index contributed by atoms with van der Waals surface area (Å²) >= 11 is 0. The minimum absolute atomic E-state index is 0.231. The second-order valence-electron chi connectivity index (χ2n) is 9.09. The van der Waals surface area contributed by atoms with Gasteiger partial charge in [0.2, 0.25) is 23.7 Å². The molecule has 2 aromatic rings. The molecule has 1 heterocycles. The van der Waals surface area contributed by atoms with Crippen LogP contribution < -0.4 is 0 Å². The van der Waals surface area contributed by atoms with Crippen molar-refractivity contribution >= 4 is 23.7 Å². The molecule has 180 valence electrons. The SMILES string of the molecule is C=C/C=C(\N(C)C1CCCCO1)S(=O)(=O)N(B(C)Cc1ccccc1)B(C)Cc1ccccc1. The minimum Gasteiger partial charge on any atom is -0.358 e. The van der Waals surface area contributed by atoms with E-state index in [2.05, 4.69) is 6.58 Å². The maximum Gasteiger partial charge on any atom is 0.238 e. The van der Waals surface area contributed by atoms with Gasteiger partial charge < -0.3 is 9.64 Å². The third kappa shape index (κ3) is 6.65. The highest BCUT2D eigenvalue weighted by Crippen LogP contribution is 2.27. The van der Waals surface area contributed by atoms with Crippen molar-refractivity contribution in [1.82, 2.24) is 9.03 Å². The van der Waals surface area contributed by atoms with E-state index < -0.39 is 10.0 Å². The van der Waals surface area contributed by atoms with Gasteiger partial charge in [-0.2, -0.15) is 0 Å². The normalized spacial score (nSPS) is 16.8. The van der Waals surface area contributed by atoms with Gasteiger partial charge in [-0.1, -0.05) is 98.1 Å². The maximum atomic E-state index is 14.3. The summed E-state index contributed by atoms with van der Waals surface area (Å²) in [6.45, 7) is 7.96. The molecule has 8 heteroatoms. The predicted molar refractivity (Wildman–Crippen MR) is 144 cm³/mol. The molecule has 0 aromatic heterocycles. The van der Waals surface area contributed by atoms with E-state index >= 15 is 0 Å². The molecule has 0 amide bonds. The molecule has 34 heavy (non-hydrogen) atoms. The van der Waals surface area contributed by atoms with Crippen molar-refractivity contribution in [2.75, 3.05) is 13.7 Å². The van der Waals surface area contributed by atoms with Crippen LogP contribution in [0.5, 0.6) is 0 Å². The van der Waals surface area contributed by atoms with E-state index in [4.69, 9.17) is 4.74 Å². The summed E-state index contributed by atoms with van der Waals surface area (Å²) < 4.78 is 36.2. The first kappa shape index (κ1) is 26.3. The summed E-state index contributed by atoms with van der Waals surface area (Å²) in [6, 6.07) is 20.1. The number of rotatable bonds is 11. The zero-order valence-electron chi connectivity index (χ0n) is 20.6. The number of benzene rings is 2. The summed E-state index contributed by atoms with van der Waals surface area (Å²) in [6.07, 6.45) is 6.99. The molecule has 1 unspecified atom stereocenters. The van der Waals surface area contributed by atoms with Crippen LogP contribution >= 0.6 is 0 Å². The smallest absolute Gasteiger partial charge is 0.238 e. The van der Waals surface area contributed by atoms with Crippen molar-refractivity contribution < 1.29 is 13.2 Å². The molecular formula is C26H36B2N2O3S. The van der Waals surface area contributed by atoms with Crippen molar-refractivity contribution in [2.24, 2.45) is 0 Å². The Hall–Kier alpha value is -2.28. The van der Waals surface area contributed by atoms with Crippen LogP contribution in [0.4, 0.5) is 0 Å². The molecule has 1 atom stereocenters. The number of ether oxygens (including phenoxy) is 1. The molecule has 1 aliphatic rings. The Balaban J connectivity index is 1.96. The number of hydrogen-bond donors (Lipinski definition) is 0. The lowest BCUT2D eigenvalue weighted by atomic mass is 9.48. The fourth-order valence-corrected chi connectivity index (χ4v) is 6.83. The van der Waals surface area contributed by atoms with Gasteiger partial charge in [0.1, 0.15) is 11.3 Å². The molecule has 1 fully saturated rings. The third-order valence-electron chi connectivity index (χ3n) is 6.35. The van der Waals surface area contributed by atoms with Gasteiger partial charge in [0.15, 0.2) is 0 Å². The van der Waals surface area contributed by atoms with Crippen molar-refractivity contribution in [3.8, 4) is 0 Å². The first-order valence-electron chi connectivity index (χ1n) is 12.1. The van der Waals surface area contributed by atoms with Gasteiger partial charge in [-0.15, -0.1) is 0 Å². The van der Waals surface area contributed by atoms with Crippen LogP contribution in [0.15, 0.2) is 84.4 Å². The number of nitrogens with zero attached hydrogens (tertiary/aromatic N) is 2. The number of sulfonamides is 1. The minimum atomic E-state index is -3.84. The Bertz CT molecular complexity index is 995. The van der Waals surface area contributed by atoms with Crippen LogP contribution in [0.1, 0.15) is 30.4 Å². The molecule has 0 aliphatic carbocycles. The average Bonchev–Trinajstić information content (AvgIpc) is 2.83. The fraction of sp³-hybridized carbons (Fsp3) is 0.385. The van der Waals surface area contributed by atoms with Gasteiger partial charge >= 0.3 is 0 Å². The van der Waals surface area contributed by atoms with Crippen LogP contribution in [0.2, 0.25) is 13.6 Å². The topological polar surface area (TPSA) is 49.9 Å². The molecule has 1 aliphatic heterocycles. The first-order valence-corrected chi connectivity index (χ1v) is 13.6. The lowest BCUT2D eigenvalue weighted by molar-refractivity contribution is -0.0581. The van der Waals surface area contributed by atoms with E-state index in [-0.39, 0.29) is 25.0 Å². The summed E-state index contributed by atoms with van der Waals surface area (Å²) in [4.78, 5) is 1.77. The van der Waals surface area contributed by atoms with Crippen LogP contribution in [0, 0.1) is 0 Å². The highest BCUT2D eigenvalue weighted by Gasteiger charge is 2.40. The summed E-state index contributed by atoms with van der Waals surface area (Å²) in [5.74, 6) is 0. The average molecular weight is 478 g/mol. The molecule has 2 aromatic carbocycles. The highest BCUT2D eigenvalue weighted by molar-refractivity contribution is 7.95. The molecule has 0 N–H and O–H groups in total. The molecule has 3 rings (SSSR count). The Kier molecular flexibility index (Phi) is 9.63. The van der Waals surface area contributed by atoms with Gasteiger partial charge in [-0.25, -0.2) is 8.42 Å². The quantitative estimate of drug-likeness (QED) is 0.340. The maximum absolute atomic E-state index is 14.3. The molecule has 0 saturated carbocycles. The summed E-state index contributed by atoms with van der Waals surface area (Å²) in [5.41, 5.74) is 2.22. The molecular weight excluding hydrogens is 442 g/mol. The van der Waals surface area contributed by atoms with Crippen molar-refractivity contribution in [3.63, 3.8) is 0 Å². The Labute approximate surface area is 206 Å². The number of allylic oxidation sites excluding steroid dienone is 2. The molecule has 0 bridgehead atoms. The van der Waals surface area contributed by atoms with Crippen molar-refractivity contribution in [1.29, 1.82) is 0 Å². The highest BCUT2D eigenvalue weighted by atomic mass is 32.2. The van der Waals surface area contributed by atoms with Crippen LogP contribution in [-0.2, 0) is 27.4 Å². The fourth-order valence-electron chi connectivity index (χ4n) is 4.76. The zero-order chi connectivity index (χ0) is 24.6. The van der Waals surface area contributed by atoms with Gasteiger partial charge in [0, 0.05) is 13.7 Å². The molecule has 0 radical (unpaired) electrons. The number of hydrogen-bond acceptors (Lipinski definition) is 4. The van der Waals surface area contributed by atoms with Gasteiger partial charge in [0.25, 0.3) is 0 Å². The van der Waals surface area contributed by atoms with E-state index in [0.717, 1.165) is 30.4 Å². The largest absolute Gasteiger partial charge is 0.358 e. The zero-order valence-corrected chi connectivity index (χ0v) is 21.5. The second kappa shape index (κ2) is 12.4. The Morgan fingerprint density at radius 3 is 1.97 bits per heavy atom. The van der Waals surface area contributed by atoms with Gasteiger partial charge in [0.05, 0.1) is 0 Å². The Morgan fingerprint density at radius 2 is 1.53 bits per heavy atom.